The van der Waals surface area contributed by atoms with Crippen LogP contribution in [0.4, 0.5) is 4.39 Å². The van der Waals surface area contributed by atoms with Crippen molar-refractivity contribution < 1.29 is 14.2 Å². The molecule has 1 unspecified atom stereocenters. The smallest absolute Gasteiger partial charge is 0.128 e. The molecule has 0 aliphatic carbocycles. The van der Waals surface area contributed by atoms with Gasteiger partial charge in [-0.25, -0.2) is 4.39 Å². The van der Waals surface area contributed by atoms with Crippen molar-refractivity contribution in [2.75, 3.05) is 13.2 Å². The second-order valence-corrected chi connectivity index (χ2v) is 6.53. The van der Waals surface area contributed by atoms with E-state index in [1.165, 1.54) is 10.9 Å². The SMILES string of the molecule is OC(CNCc1cc(Br)cs1)COCc1ccccc1F. The van der Waals surface area contributed by atoms with Crippen molar-refractivity contribution in [3.63, 3.8) is 0 Å². The highest BCUT2D eigenvalue weighted by Gasteiger charge is 2.06. The Morgan fingerprint density at radius 2 is 2.19 bits per heavy atom. The number of nitrogens with one attached hydrogen (secondary N) is 1. The van der Waals surface area contributed by atoms with E-state index in [0.29, 0.717) is 18.7 Å². The van der Waals surface area contributed by atoms with Gasteiger partial charge in [-0.15, -0.1) is 11.3 Å². The van der Waals surface area contributed by atoms with E-state index in [1.807, 2.05) is 11.4 Å². The molecule has 3 nitrogen and oxygen atoms in total. The van der Waals surface area contributed by atoms with Gasteiger partial charge in [0.1, 0.15) is 5.82 Å². The third kappa shape index (κ3) is 5.84. The Kier molecular flexibility index (Phi) is 6.79. The molecule has 0 bridgehead atoms. The molecule has 0 saturated carbocycles. The van der Waals surface area contributed by atoms with Crippen molar-refractivity contribution in [3.05, 3.63) is 56.4 Å². The Balaban J connectivity index is 1.61. The predicted octanol–water partition coefficient (Wildman–Crippen LogP) is 3.32. The molecule has 0 amide bonds. The lowest BCUT2D eigenvalue weighted by Crippen LogP contribution is -2.29. The fraction of sp³-hybridized carbons (Fsp3) is 0.333. The minimum Gasteiger partial charge on any atom is -0.389 e. The van der Waals surface area contributed by atoms with Crippen LogP contribution in [0.2, 0.25) is 0 Å². The van der Waals surface area contributed by atoms with Gasteiger partial charge in [-0.1, -0.05) is 18.2 Å². The van der Waals surface area contributed by atoms with Crippen LogP contribution in [-0.2, 0) is 17.9 Å². The molecule has 0 radical (unpaired) electrons. The molecular formula is C15H17BrFNO2S. The fourth-order valence-corrected chi connectivity index (χ4v) is 3.21. The molecule has 0 aliphatic rings. The highest BCUT2D eigenvalue weighted by atomic mass is 79.9. The summed E-state index contributed by atoms with van der Waals surface area (Å²) in [4.78, 5) is 1.20. The van der Waals surface area contributed by atoms with Gasteiger partial charge >= 0.3 is 0 Å². The summed E-state index contributed by atoms with van der Waals surface area (Å²) in [6.45, 7) is 1.49. The number of hydrogen-bond donors (Lipinski definition) is 2. The molecular weight excluding hydrogens is 357 g/mol. The Morgan fingerprint density at radius 3 is 2.90 bits per heavy atom. The van der Waals surface area contributed by atoms with Crippen molar-refractivity contribution in [2.45, 2.75) is 19.3 Å². The molecule has 0 saturated heterocycles. The number of thiophene rings is 1. The standard InChI is InChI=1S/C15H17BrFNO2S/c16-12-5-14(21-10-12)7-18-6-13(19)9-20-8-11-3-1-2-4-15(11)17/h1-5,10,13,18-19H,6-9H2. The van der Waals surface area contributed by atoms with Crippen LogP contribution in [0.15, 0.2) is 40.2 Å². The zero-order valence-electron chi connectivity index (χ0n) is 11.4. The quantitative estimate of drug-likeness (QED) is 0.745. The molecule has 2 rings (SSSR count). The number of benzene rings is 1. The van der Waals surface area contributed by atoms with E-state index in [0.717, 1.165) is 4.47 Å². The third-order valence-electron chi connectivity index (χ3n) is 2.83. The highest BCUT2D eigenvalue weighted by molar-refractivity contribution is 9.10. The number of aliphatic hydroxyl groups excluding tert-OH is 1. The summed E-state index contributed by atoms with van der Waals surface area (Å²) in [6, 6.07) is 8.52. The molecule has 1 aromatic heterocycles. The normalized spacial score (nSPS) is 12.5. The maximum atomic E-state index is 13.3. The average molecular weight is 374 g/mol. The van der Waals surface area contributed by atoms with Crippen LogP contribution in [0, 0.1) is 5.82 Å². The van der Waals surface area contributed by atoms with Crippen molar-refractivity contribution in [1.29, 1.82) is 0 Å². The monoisotopic (exact) mass is 373 g/mol. The summed E-state index contributed by atoms with van der Waals surface area (Å²) < 4.78 is 19.8. The minimum atomic E-state index is -0.611. The van der Waals surface area contributed by atoms with Crippen molar-refractivity contribution in [2.24, 2.45) is 0 Å². The maximum absolute atomic E-state index is 13.3. The van der Waals surface area contributed by atoms with Crippen LogP contribution in [0.25, 0.3) is 0 Å². The fourth-order valence-electron chi connectivity index (χ4n) is 1.79. The molecule has 114 valence electrons. The van der Waals surface area contributed by atoms with Crippen molar-refractivity contribution in [1.82, 2.24) is 5.32 Å². The Hall–Kier alpha value is -0.790. The van der Waals surface area contributed by atoms with E-state index < -0.39 is 6.10 Å². The average Bonchev–Trinajstić information content (AvgIpc) is 2.87. The highest BCUT2D eigenvalue weighted by Crippen LogP contribution is 2.19. The predicted molar refractivity (Wildman–Crippen MR) is 85.8 cm³/mol. The van der Waals surface area contributed by atoms with E-state index in [9.17, 15) is 9.50 Å². The van der Waals surface area contributed by atoms with Crippen LogP contribution >= 0.6 is 27.3 Å². The van der Waals surface area contributed by atoms with Crippen LogP contribution < -0.4 is 5.32 Å². The molecule has 1 atom stereocenters. The largest absolute Gasteiger partial charge is 0.389 e. The zero-order chi connectivity index (χ0) is 15.1. The summed E-state index contributed by atoms with van der Waals surface area (Å²) in [5.41, 5.74) is 0.501. The molecule has 1 aromatic carbocycles. The van der Waals surface area contributed by atoms with E-state index >= 15 is 0 Å². The maximum Gasteiger partial charge on any atom is 0.128 e. The topological polar surface area (TPSA) is 41.5 Å². The molecule has 2 aromatic rings. The lowest BCUT2D eigenvalue weighted by atomic mass is 10.2. The summed E-state index contributed by atoms with van der Waals surface area (Å²) in [5, 5.41) is 15.0. The molecule has 2 N–H and O–H groups in total. The summed E-state index contributed by atoms with van der Waals surface area (Å²) in [5.74, 6) is -0.284. The van der Waals surface area contributed by atoms with Gasteiger partial charge in [0, 0.05) is 33.4 Å². The zero-order valence-corrected chi connectivity index (χ0v) is 13.8. The number of rotatable bonds is 8. The van der Waals surface area contributed by atoms with E-state index in [1.54, 1.807) is 29.5 Å². The summed E-state index contributed by atoms with van der Waals surface area (Å²) >= 11 is 5.05. The number of aliphatic hydroxyl groups is 1. The molecule has 6 heteroatoms. The van der Waals surface area contributed by atoms with Crippen LogP contribution in [0.3, 0.4) is 0 Å². The van der Waals surface area contributed by atoms with Crippen molar-refractivity contribution in [3.8, 4) is 0 Å². The molecule has 0 spiro atoms. The first-order valence-electron chi connectivity index (χ1n) is 6.58. The van der Waals surface area contributed by atoms with Crippen LogP contribution in [-0.4, -0.2) is 24.4 Å². The number of halogens is 2. The second-order valence-electron chi connectivity index (χ2n) is 4.62. The first-order chi connectivity index (χ1) is 10.1. The third-order valence-corrected chi connectivity index (χ3v) is 4.52. The Bertz CT molecular complexity index is 564. The first kappa shape index (κ1) is 16.6. The lowest BCUT2D eigenvalue weighted by Gasteiger charge is -2.12. The summed E-state index contributed by atoms with van der Waals surface area (Å²) in [7, 11) is 0. The summed E-state index contributed by atoms with van der Waals surface area (Å²) in [6.07, 6.45) is -0.611. The molecule has 1 heterocycles. The van der Waals surface area contributed by atoms with Gasteiger partial charge in [0.2, 0.25) is 0 Å². The van der Waals surface area contributed by atoms with Gasteiger partial charge in [0.15, 0.2) is 0 Å². The van der Waals surface area contributed by atoms with Gasteiger partial charge < -0.3 is 15.2 Å². The van der Waals surface area contributed by atoms with Crippen LogP contribution in [0.1, 0.15) is 10.4 Å². The number of hydrogen-bond acceptors (Lipinski definition) is 4. The molecule has 0 aliphatic heterocycles. The number of ether oxygens (including phenoxy) is 1. The lowest BCUT2D eigenvalue weighted by molar-refractivity contribution is 0.0278. The Labute approximate surface area is 135 Å². The van der Waals surface area contributed by atoms with Gasteiger partial charge in [-0.05, 0) is 28.1 Å². The van der Waals surface area contributed by atoms with Gasteiger partial charge in [0.25, 0.3) is 0 Å². The van der Waals surface area contributed by atoms with Crippen LogP contribution in [0.5, 0.6) is 0 Å². The van der Waals surface area contributed by atoms with E-state index in [4.69, 9.17) is 4.74 Å². The second kappa shape index (κ2) is 8.60. The first-order valence-corrected chi connectivity index (χ1v) is 8.25. The van der Waals surface area contributed by atoms with Gasteiger partial charge in [-0.2, -0.15) is 0 Å². The minimum absolute atomic E-state index is 0.168. The molecule has 0 fully saturated rings. The van der Waals surface area contributed by atoms with Crippen molar-refractivity contribution >= 4 is 27.3 Å². The van der Waals surface area contributed by atoms with Gasteiger partial charge in [0.05, 0.1) is 19.3 Å². The van der Waals surface area contributed by atoms with E-state index in [-0.39, 0.29) is 19.0 Å². The van der Waals surface area contributed by atoms with Gasteiger partial charge in [-0.3, -0.25) is 0 Å². The Morgan fingerprint density at radius 1 is 1.38 bits per heavy atom. The van der Waals surface area contributed by atoms with E-state index in [2.05, 4.69) is 21.2 Å². The molecule has 21 heavy (non-hydrogen) atoms.